The van der Waals surface area contributed by atoms with E-state index < -0.39 is 29.5 Å². The topological polar surface area (TPSA) is 260 Å². The molecule has 0 aliphatic rings. The Hall–Kier alpha value is -5.02. The molecule has 16 nitrogen and oxygen atoms in total. The molecule has 0 saturated carbocycles. The first kappa shape index (κ1) is 22.7. The number of anilines is 4. The van der Waals surface area contributed by atoms with Crippen molar-refractivity contribution in [1.82, 2.24) is 35.9 Å². The van der Waals surface area contributed by atoms with Gasteiger partial charge in [-0.1, -0.05) is 5.21 Å². The summed E-state index contributed by atoms with van der Waals surface area (Å²) in [6.07, 6.45) is 1.40. The van der Waals surface area contributed by atoms with Gasteiger partial charge in [-0.2, -0.15) is 5.21 Å². The van der Waals surface area contributed by atoms with Gasteiger partial charge in [-0.25, -0.2) is 14.6 Å². The Labute approximate surface area is 184 Å². The number of aliphatic carboxylic acids is 1. The number of aryl methyl sites for hydroxylation is 1. The van der Waals surface area contributed by atoms with Gasteiger partial charge in [-0.3, -0.25) is 9.59 Å². The van der Waals surface area contributed by atoms with E-state index >= 15 is 0 Å². The quantitative estimate of drug-likeness (QED) is 0.201. The number of tetrazole rings is 1. The van der Waals surface area contributed by atoms with Gasteiger partial charge in [0.2, 0.25) is 0 Å². The van der Waals surface area contributed by atoms with Crippen molar-refractivity contribution in [3.8, 4) is 0 Å². The fraction of sp³-hybridized carbons (Fsp3) is 0.176. The molecule has 172 valence electrons. The molecule has 3 aromatic heterocycles. The van der Waals surface area contributed by atoms with Crippen LogP contribution in [0.15, 0.2) is 29.2 Å². The smallest absolute Gasteiger partial charge is 0.326 e. The van der Waals surface area contributed by atoms with E-state index in [9.17, 15) is 24.3 Å². The predicted molar refractivity (Wildman–Crippen MR) is 114 cm³/mol. The van der Waals surface area contributed by atoms with Crippen molar-refractivity contribution in [2.24, 2.45) is 0 Å². The summed E-state index contributed by atoms with van der Waals surface area (Å²) in [6, 6.07) is 1.94. The van der Waals surface area contributed by atoms with Crippen LogP contribution in [0.3, 0.4) is 0 Å². The zero-order chi connectivity index (χ0) is 24.0. The number of carbonyl (C=O) groups is 3. The van der Waals surface area contributed by atoms with Gasteiger partial charge in [-0.05, 0) is 18.6 Å². The number of nitrogens with one attached hydrogen (secondary N) is 5. The molecule has 1 atom stereocenters. The molecule has 0 radical (unpaired) electrons. The van der Waals surface area contributed by atoms with Gasteiger partial charge in [0.1, 0.15) is 23.2 Å². The third kappa shape index (κ3) is 6.00. The number of hydrogen-bond donors (Lipinski definition) is 8. The van der Waals surface area contributed by atoms with Crippen LogP contribution < -0.4 is 33.0 Å². The van der Waals surface area contributed by atoms with Gasteiger partial charge in [0.25, 0.3) is 11.5 Å². The number of hydrogen-bond acceptors (Lipinski definition) is 10. The van der Waals surface area contributed by atoms with E-state index in [1.807, 2.05) is 0 Å². The highest BCUT2D eigenvalue weighted by molar-refractivity contribution is 6.01. The summed E-state index contributed by atoms with van der Waals surface area (Å²) in [7, 11) is 0. The zero-order valence-electron chi connectivity index (χ0n) is 16.8. The third-order valence-electron chi connectivity index (χ3n) is 4.23. The van der Waals surface area contributed by atoms with E-state index in [1.54, 1.807) is 0 Å². The number of carbonyl (C=O) groups excluding carboxylic acids is 2. The number of H-pyrrole nitrogens is 2. The van der Waals surface area contributed by atoms with Gasteiger partial charge in [0.05, 0.1) is 17.6 Å². The number of carboxylic acids is 1. The van der Waals surface area contributed by atoms with Gasteiger partial charge in [0, 0.05) is 12.5 Å². The molecule has 0 saturated heterocycles. The fourth-order valence-corrected chi connectivity index (χ4v) is 2.66. The second-order valence-corrected chi connectivity index (χ2v) is 6.63. The lowest BCUT2D eigenvalue weighted by atomic mass is 10.1. The Kier molecular flexibility index (Phi) is 6.77. The molecule has 3 aromatic rings. The average molecular weight is 457 g/mol. The Morgan fingerprint density at radius 3 is 2.58 bits per heavy atom. The molecule has 0 bridgehead atoms. The summed E-state index contributed by atoms with van der Waals surface area (Å²) in [5.74, 6) is -1.61. The van der Waals surface area contributed by atoms with E-state index in [0.717, 1.165) is 0 Å². The van der Waals surface area contributed by atoms with Crippen molar-refractivity contribution in [3.63, 3.8) is 0 Å². The monoisotopic (exact) mass is 457 g/mol. The van der Waals surface area contributed by atoms with E-state index in [1.165, 1.54) is 24.4 Å². The van der Waals surface area contributed by atoms with Gasteiger partial charge < -0.3 is 37.5 Å². The van der Waals surface area contributed by atoms with Crippen molar-refractivity contribution in [1.29, 1.82) is 0 Å². The van der Waals surface area contributed by atoms with Crippen LogP contribution in [0.5, 0.6) is 0 Å². The number of urea groups is 1. The molecule has 33 heavy (non-hydrogen) atoms. The summed E-state index contributed by atoms with van der Waals surface area (Å²) < 4.78 is 0. The number of amides is 3. The standard InChI is InChI=1S/C17H19N11O5/c18-8-5-11(19)23-15(30)13(8)24-17(33)21-7-1-2-9(20-6-7)14(29)22-10(16(31)32)3-4-12-25-27-28-26-12/h1-2,5-6,10H,3-4H2,(H,22,29)(H,31,32)(H2,21,24,33)(H5,18,19,23,30)(H,25,26,27,28)/t10-/m0/s1. The summed E-state index contributed by atoms with van der Waals surface area (Å²) in [4.78, 5) is 54.0. The predicted octanol–water partition coefficient (Wildman–Crippen LogP) is -1.09. The minimum Gasteiger partial charge on any atom is -0.480 e. The van der Waals surface area contributed by atoms with Crippen LogP contribution in [0, 0.1) is 0 Å². The lowest BCUT2D eigenvalue weighted by Gasteiger charge is -2.13. The maximum atomic E-state index is 12.3. The third-order valence-corrected chi connectivity index (χ3v) is 4.23. The molecule has 3 heterocycles. The van der Waals surface area contributed by atoms with Gasteiger partial charge >= 0.3 is 12.0 Å². The highest BCUT2D eigenvalue weighted by Crippen LogP contribution is 2.15. The summed E-state index contributed by atoms with van der Waals surface area (Å²) in [5, 5.41) is 29.5. The largest absolute Gasteiger partial charge is 0.480 e. The molecule has 0 aliphatic carbocycles. The van der Waals surface area contributed by atoms with Crippen LogP contribution in [0.2, 0.25) is 0 Å². The second kappa shape index (κ2) is 9.86. The number of carboxylic acid groups (broad SMARTS) is 1. The minimum absolute atomic E-state index is 0.0242. The molecule has 0 aliphatic heterocycles. The minimum atomic E-state index is -1.24. The van der Waals surface area contributed by atoms with E-state index in [4.69, 9.17) is 11.5 Å². The van der Waals surface area contributed by atoms with Crippen LogP contribution in [0.25, 0.3) is 0 Å². The Bertz CT molecular complexity index is 1210. The summed E-state index contributed by atoms with van der Waals surface area (Å²) in [5.41, 5.74) is 10.4. The van der Waals surface area contributed by atoms with E-state index in [2.05, 4.69) is 46.5 Å². The molecular formula is C17H19N11O5. The second-order valence-electron chi connectivity index (χ2n) is 6.63. The molecule has 3 rings (SSSR count). The number of pyridine rings is 2. The average Bonchev–Trinajstić information content (AvgIpc) is 3.27. The van der Waals surface area contributed by atoms with Crippen molar-refractivity contribution < 1.29 is 19.5 Å². The first-order valence-electron chi connectivity index (χ1n) is 9.31. The summed E-state index contributed by atoms with van der Waals surface area (Å²) in [6.45, 7) is 0. The maximum Gasteiger partial charge on any atom is 0.326 e. The number of nitrogens with zero attached hydrogens (tertiary/aromatic N) is 4. The van der Waals surface area contributed by atoms with Crippen molar-refractivity contribution >= 4 is 40.8 Å². The van der Waals surface area contributed by atoms with Crippen LogP contribution >= 0.6 is 0 Å². The van der Waals surface area contributed by atoms with Crippen LogP contribution in [-0.4, -0.2) is 59.6 Å². The number of rotatable bonds is 8. The first-order chi connectivity index (χ1) is 15.7. The SMILES string of the molecule is Nc1cc(N)c(NC(=O)Nc2ccc(C(=O)N[C@@H](CCc3nn[nH]n3)C(=O)O)nc2)c(=O)[nH]1. The number of aromatic nitrogens is 6. The van der Waals surface area contributed by atoms with Crippen LogP contribution in [-0.2, 0) is 11.2 Å². The lowest BCUT2D eigenvalue weighted by molar-refractivity contribution is -0.139. The molecule has 10 N–H and O–H groups in total. The van der Waals surface area contributed by atoms with E-state index in [-0.39, 0.29) is 41.4 Å². The van der Waals surface area contributed by atoms with Gasteiger partial charge in [0.15, 0.2) is 5.82 Å². The van der Waals surface area contributed by atoms with Crippen molar-refractivity contribution in [2.75, 3.05) is 22.1 Å². The van der Waals surface area contributed by atoms with Crippen LogP contribution in [0.1, 0.15) is 22.7 Å². The molecule has 0 unspecified atom stereocenters. The Morgan fingerprint density at radius 1 is 1.18 bits per heavy atom. The zero-order valence-corrected chi connectivity index (χ0v) is 16.8. The van der Waals surface area contributed by atoms with Crippen molar-refractivity contribution in [2.45, 2.75) is 18.9 Å². The normalized spacial score (nSPS) is 11.4. The first-order valence-corrected chi connectivity index (χ1v) is 9.31. The number of aromatic amines is 2. The van der Waals surface area contributed by atoms with Crippen LogP contribution in [0.4, 0.5) is 27.7 Å². The molecule has 0 spiro atoms. The Balaban J connectivity index is 1.58. The summed E-state index contributed by atoms with van der Waals surface area (Å²) >= 11 is 0. The number of nitrogens with two attached hydrogens (primary N) is 2. The molecule has 0 aromatic carbocycles. The lowest BCUT2D eigenvalue weighted by Crippen LogP contribution is -2.41. The molecule has 16 heteroatoms. The van der Waals surface area contributed by atoms with Crippen molar-refractivity contribution in [3.05, 3.63) is 46.3 Å². The maximum absolute atomic E-state index is 12.3. The molecular weight excluding hydrogens is 438 g/mol. The Morgan fingerprint density at radius 2 is 1.97 bits per heavy atom. The highest BCUT2D eigenvalue weighted by Gasteiger charge is 2.22. The van der Waals surface area contributed by atoms with Gasteiger partial charge in [-0.15, -0.1) is 10.2 Å². The fourth-order valence-electron chi connectivity index (χ4n) is 2.66. The number of nitrogen functional groups attached to an aromatic ring is 2. The molecule has 0 fully saturated rings. The molecule has 3 amide bonds. The van der Waals surface area contributed by atoms with E-state index in [0.29, 0.717) is 5.82 Å². The highest BCUT2D eigenvalue weighted by atomic mass is 16.4.